The molecule has 1 aliphatic heterocycles. The highest BCUT2D eigenvalue weighted by atomic mass is 79.9. The van der Waals surface area contributed by atoms with Gasteiger partial charge in [-0.25, -0.2) is 0 Å². The Balaban J connectivity index is 1.95. The molecule has 1 aliphatic rings. The molecule has 0 atom stereocenters. The van der Waals surface area contributed by atoms with Crippen molar-refractivity contribution in [3.63, 3.8) is 0 Å². The second kappa shape index (κ2) is 8.34. The Morgan fingerprint density at radius 1 is 0.935 bits per heavy atom. The van der Waals surface area contributed by atoms with Crippen LogP contribution in [0, 0.1) is 13.8 Å². The van der Waals surface area contributed by atoms with Gasteiger partial charge in [-0.05, 0) is 101 Å². The first-order valence-corrected chi connectivity index (χ1v) is 13.2. The lowest BCUT2D eigenvalue weighted by molar-refractivity contribution is 0.123. The molecule has 5 rings (SSSR count). The molecule has 1 aromatic heterocycles. The van der Waals surface area contributed by atoms with Gasteiger partial charge in [0.15, 0.2) is 0 Å². The molecule has 3 nitrogen and oxygen atoms in total. The molecular formula is C24H20Br3NO2S. The monoisotopic (exact) mass is 623 g/mol. The molecule has 2 heterocycles. The summed E-state index contributed by atoms with van der Waals surface area (Å²) in [6.45, 7) is 7.74. The number of aromatic hydroxyl groups is 1. The van der Waals surface area contributed by atoms with Gasteiger partial charge in [0, 0.05) is 33.0 Å². The number of phenols is 1. The van der Waals surface area contributed by atoms with Gasteiger partial charge in [0.25, 0.3) is 0 Å². The first-order valence-electron chi connectivity index (χ1n) is 10.0. The molecule has 0 radical (unpaired) electrons. The molecule has 0 spiro atoms. The third kappa shape index (κ3) is 3.44. The van der Waals surface area contributed by atoms with Crippen molar-refractivity contribution in [3.8, 4) is 16.9 Å². The topological polar surface area (TPSA) is 32.7 Å². The molecule has 31 heavy (non-hydrogen) atoms. The van der Waals surface area contributed by atoms with E-state index in [0.29, 0.717) is 4.47 Å². The number of phenolic OH excluding ortho intramolecular Hbond substituents is 1. The fourth-order valence-electron chi connectivity index (χ4n) is 4.46. The van der Waals surface area contributed by atoms with Gasteiger partial charge in [-0.3, -0.25) is 0 Å². The minimum absolute atomic E-state index is 0.223. The summed E-state index contributed by atoms with van der Waals surface area (Å²) in [6.07, 6.45) is 0. The standard InChI is InChI=1S/C24H20Br3NO2S/c1-12-4-3-5-14-17(12)19(15-6-7-16(29)22(27)20(15)25)18-13(2)24(31-23(18)21(14)26)28-8-10-30-11-9-28/h3-7,29H,8-11H2,1-2H3. The van der Waals surface area contributed by atoms with E-state index in [4.69, 9.17) is 4.74 Å². The minimum atomic E-state index is 0.223. The first-order chi connectivity index (χ1) is 14.9. The molecule has 0 aliphatic carbocycles. The summed E-state index contributed by atoms with van der Waals surface area (Å²) in [7, 11) is 0. The number of hydrogen-bond donors (Lipinski definition) is 1. The summed E-state index contributed by atoms with van der Waals surface area (Å²) in [5.74, 6) is 0.223. The van der Waals surface area contributed by atoms with Gasteiger partial charge in [0.1, 0.15) is 5.75 Å². The van der Waals surface area contributed by atoms with Gasteiger partial charge in [0.2, 0.25) is 0 Å². The molecule has 7 heteroatoms. The van der Waals surface area contributed by atoms with Crippen molar-refractivity contribution >= 4 is 85.0 Å². The van der Waals surface area contributed by atoms with Crippen LogP contribution in [-0.2, 0) is 4.74 Å². The Morgan fingerprint density at radius 3 is 2.42 bits per heavy atom. The van der Waals surface area contributed by atoms with Gasteiger partial charge in [-0.15, -0.1) is 11.3 Å². The summed E-state index contributed by atoms with van der Waals surface area (Å²) >= 11 is 13.1. The number of benzene rings is 3. The predicted octanol–water partition coefficient (Wildman–Crippen LogP) is 8.17. The average molecular weight is 626 g/mol. The van der Waals surface area contributed by atoms with E-state index >= 15 is 0 Å². The van der Waals surface area contributed by atoms with Gasteiger partial charge < -0.3 is 14.7 Å². The summed E-state index contributed by atoms with van der Waals surface area (Å²) in [5, 5.41) is 15.2. The zero-order valence-corrected chi connectivity index (χ0v) is 22.6. The van der Waals surface area contributed by atoms with Gasteiger partial charge in [-0.1, -0.05) is 18.2 Å². The summed E-state index contributed by atoms with van der Waals surface area (Å²) in [5.41, 5.74) is 4.78. The van der Waals surface area contributed by atoms with Crippen molar-refractivity contribution < 1.29 is 9.84 Å². The largest absolute Gasteiger partial charge is 0.507 e. The van der Waals surface area contributed by atoms with Crippen LogP contribution in [0.3, 0.4) is 0 Å². The fraction of sp³-hybridized carbons (Fsp3) is 0.250. The maximum atomic E-state index is 10.2. The number of anilines is 1. The Labute approximate surface area is 210 Å². The molecule has 0 saturated carbocycles. The van der Waals surface area contributed by atoms with E-state index in [1.54, 1.807) is 6.07 Å². The molecule has 1 N–H and O–H groups in total. The molecule has 4 aromatic rings. The van der Waals surface area contributed by atoms with Crippen LogP contribution in [-0.4, -0.2) is 31.4 Å². The van der Waals surface area contributed by atoms with Gasteiger partial charge in [0.05, 0.1) is 27.4 Å². The van der Waals surface area contributed by atoms with Crippen molar-refractivity contribution in [1.82, 2.24) is 0 Å². The van der Waals surface area contributed by atoms with Crippen molar-refractivity contribution in [3.05, 3.63) is 54.9 Å². The summed E-state index contributed by atoms with van der Waals surface area (Å²) in [6, 6.07) is 10.2. The Bertz CT molecular complexity index is 1340. The second-order valence-corrected chi connectivity index (χ2v) is 11.2. The molecule has 0 amide bonds. The highest BCUT2D eigenvalue weighted by Gasteiger charge is 2.25. The summed E-state index contributed by atoms with van der Waals surface area (Å²) in [4.78, 5) is 2.44. The quantitative estimate of drug-likeness (QED) is 0.244. The van der Waals surface area contributed by atoms with Crippen molar-refractivity contribution in [2.75, 3.05) is 31.2 Å². The number of fused-ring (bicyclic) bond motifs is 2. The zero-order chi connectivity index (χ0) is 21.9. The van der Waals surface area contributed by atoms with Crippen LogP contribution in [0.25, 0.3) is 32.0 Å². The number of hydrogen-bond acceptors (Lipinski definition) is 4. The van der Waals surface area contributed by atoms with Crippen LogP contribution in [0.2, 0.25) is 0 Å². The minimum Gasteiger partial charge on any atom is -0.507 e. The first kappa shape index (κ1) is 21.7. The number of halogens is 3. The van der Waals surface area contributed by atoms with Crippen LogP contribution < -0.4 is 4.90 Å². The van der Waals surface area contributed by atoms with Crippen LogP contribution in [0.15, 0.2) is 43.7 Å². The maximum absolute atomic E-state index is 10.2. The smallest absolute Gasteiger partial charge is 0.130 e. The highest BCUT2D eigenvalue weighted by Crippen LogP contribution is 2.52. The van der Waals surface area contributed by atoms with E-state index in [-0.39, 0.29) is 5.75 Å². The SMILES string of the molecule is Cc1cccc2c(Br)c3sc(N4CCOCC4)c(C)c3c(-c3ccc(O)c(Br)c3Br)c12. The maximum Gasteiger partial charge on any atom is 0.130 e. The summed E-state index contributed by atoms with van der Waals surface area (Å²) < 4.78 is 9.52. The predicted molar refractivity (Wildman–Crippen MR) is 142 cm³/mol. The number of nitrogens with zero attached hydrogens (tertiary/aromatic N) is 1. The molecule has 160 valence electrons. The lowest BCUT2D eigenvalue weighted by Crippen LogP contribution is -2.35. The number of morpholine rings is 1. The molecular weight excluding hydrogens is 606 g/mol. The van der Waals surface area contributed by atoms with E-state index in [2.05, 4.69) is 84.7 Å². The molecule has 0 unspecified atom stereocenters. The average Bonchev–Trinajstić information content (AvgIpc) is 3.12. The van der Waals surface area contributed by atoms with Crippen LogP contribution in [0.1, 0.15) is 11.1 Å². The van der Waals surface area contributed by atoms with Crippen molar-refractivity contribution in [2.24, 2.45) is 0 Å². The van der Waals surface area contributed by atoms with Gasteiger partial charge in [-0.2, -0.15) is 0 Å². The molecule has 0 bridgehead atoms. The zero-order valence-electron chi connectivity index (χ0n) is 17.1. The van der Waals surface area contributed by atoms with Crippen LogP contribution >= 0.6 is 59.1 Å². The number of rotatable bonds is 2. The molecule has 3 aromatic carbocycles. The Hall–Kier alpha value is -1.12. The number of thiophene rings is 1. The fourth-order valence-corrected chi connectivity index (χ4v) is 7.42. The lowest BCUT2D eigenvalue weighted by atomic mass is 9.91. The van der Waals surface area contributed by atoms with E-state index < -0.39 is 0 Å². The van der Waals surface area contributed by atoms with E-state index in [9.17, 15) is 5.11 Å². The van der Waals surface area contributed by atoms with Crippen molar-refractivity contribution in [2.45, 2.75) is 13.8 Å². The second-order valence-electron chi connectivity index (χ2n) is 7.78. The van der Waals surface area contributed by atoms with E-state index in [1.807, 2.05) is 17.4 Å². The molecule has 1 saturated heterocycles. The normalized spacial score (nSPS) is 14.7. The third-order valence-corrected chi connectivity index (χ3v) is 10.6. The van der Waals surface area contributed by atoms with Crippen LogP contribution in [0.4, 0.5) is 5.00 Å². The molecule has 1 fully saturated rings. The third-order valence-electron chi connectivity index (χ3n) is 5.96. The van der Waals surface area contributed by atoms with Crippen molar-refractivity contribution in [1.29, 1.82) is 0 Å². The number of aryl methyl sites for hydroxylation is 2. The van der Waals surface area contributed by atoms with Gasteiger partial charge >= 0.3 is 0 Å². The Morgan fingerprint density at radius 2 is 1.68 bits per heavy atom. The Kier molecular flexibility index (Phi) is 5.84. The van der Waals surface area contributed by atoms with E-state index in [1.165, 1.54) is 42.6 Å². The highest BCUT2D eigenvalue weighted by molar-refractivity contribution is 9.13. The van der Waals surface area contributed by atoms with E-state index in [0.717, 1.165) is 40.8 Å². The van der Waals surface area contributed by atoms with Crippen LogP contribution in [0.5, 0.6) is 5.75 Å². The lowest BCUT2D eigenvalue weighted by Gasteiger charge is -2.28. The number of ether oxygens (including phenoxy) is 1.